The van der Waals surface area contributed by atoms with Gasteiger partial charge in [-0.3, -0.25) is 4.90 Å². The molecule has 148 valence electrons. The molecule has 0 aliphatic carbocycles. The van der Waals surface area contributed by atoms with Crippen LogP contribution in [-0.4, -0.2) is 62.9 Å². The highest BCUT2D eigenvalue weighted by Gasteiger charge is 2.41. The third kappa shape index (κ3) is 3.98. The summed E-state index contributed by atoms with van der Waals surface area (Å²) in [6, 6.07) is 4.16. The molecular formula is C19H21N3O6. The van der Waals surface area contributed by atoms with Gasteiger partial charge in [-0.1, -0.05) is 6.08 Å². The largest absolute Gasteiger partial charge is 0.497 e. The van der Waals surface area contributed by atoms with Crippen LogP contribution < -0.4 is 9.47 Å². The zero-order valence-electron chi connectivity index (χ0n) is 15.4. The summed E-state index contributed by atoms with van der Waals surface area (Å²) < 4.78 is 11.1. The van der Waals surface area contributed by atoms with Gasteiger partial charge in [0, 0.05) is 12.5 Å². The fraction of sp³-hybridized carbons (Fsp3) is 0.368. The quantitative estimate of drug-likeness (QED) is 0.694. The van der Waals surface area contributed by atoms with Gasteiger partial charge in [0.2, 0.25) is 5.88 Å². The topological polar surface area (TPSA) is 122 Å². The van der Waals surface area contributed by atoms with Gasteiger partial charge < -0.3 is 19.7 Å². The molecule has 28 heavy (non-hydrogen) atoms. The Balaban J connectivity index is 1.92. The summed E-state index contributed by atoms with van der Waals surface area (Å²) in [7, 11) is 1.55. The van der Waals surface area contributed by atoms with E-state index in [0.717, 1.165) is 4.90 Å². The van der Waals surface area contributed by atoms with E-state index >= 15 is 0 Å². The lowest BCUT2D eigenvalue weighted by atomic mass is 10.2. The number of hydrogen-bond acceptors (Lipinski definition) is 6. The molecule has 2 atom stereocenters. The fourth-order valence-electron chi connectivity index (χ4n) is 3.16. The molecule has 1 aromatic heterocycles. The van der Waals surface area contributed by atoms with Crippen LogP contribution in [0.5, 0.6) is 11.6 Å². The molecule has 3 rings (SSSR count). The molecule has 1 amide bonds. The minimum Gasteiger partial charge on any atom is -0.497 e. The molecule has 0 unspecified atom stereocenters. The van der Waals surface area contributed by atoms with Crippen LogP contribution in [0.4, 0.5) is 4.79 Å². The van der Waals surface area contributed by atoms with Crippen LogP contribution in [0.15, 0.2) is 30.9 Å². The van der Waals surface area contributed by atoms with E-state index in [1.165, 1.54) is 0 Å². The number of nitrogens with zero attached hydrogens (tertiary/aromatic N) is 3. The van der Waals surface area contributed by atoms with Crippen molar-refractivity contribution in [2.75, 3.05) is 13.7 Å². The Morgan fingerprint density at radius 1 is 1.32 bits per heavy atom. The van der Waals surface area contributed by atoms with Crippen LogP contribution >= 0.6 is 0 Å². The summed E-state index contributed by atoms with van der Waals surface area (Å²) in [5.74, 6) is -0.311. The van der Waals surface area contributed by atoms with Gasteiger partial charge in [-0.25, -0.2) is 19.6 Å². The zero-order chi connectivity index (χ0) is 20.3. The summed E-state index contributed by atoms with van der Waals surface area (Å²) >= 11 is 0. The van der Waals surface area contributed by atoms with Crippen molar-refractivity contribution >= 4 is 23.1 Å². The minimum absolute atomic E-state index is 0.0420. The number of aliphatic carboxylic acids is 1. The predicted molar refractivity (Wildman–Crippen MR) is 99.8 cm³/mol. The van der Waals surface area contributed by atoms with Gasteiger partial charge in [0.1, 0.15) is 23.6 Å². The predicted octanol–water partition coefficient (Wildman–Crippen LogP) is 2.34. The lowest BCUT2D eigenvalue weighted by molar-refractivity contribution is -0.141. The number of allylic oxidation sites excluding steroid dienone is 1. The standard InChI is InChI=1S/C19H21N3O6/c1-3-4-5-14-17(21-15-8-11(27-2)6-7-13(15)20-14)28-12-9-16(18(23)24)22(10-12)19(25)26/h3,6-8,12,16H,1,4-5,9-10H2,2H3,(H,23,24)(H,25,26)/t12-,16+/m1/s1. The first-order valence-electron chi connectivity index (χ1n) is 8.77. The normalized spacial score (nSPS) is 18.8. The number of hydrogen-bond donors (Lipinski definition) is 2. The number of aryl methyl sites for hydroxylation is 1. The number of rotatable bonds is 7. The number of carboxylic acids is 1. The highest BCUT2D eigenvalue weighted by Crippen LogP contribution is 2.28. The first-order valence-corrected chi connectivity index (χ1v) is 8.77. The number of ether oxygens (including phenoxy) is 2. The average Bonchev–Trinajstić information content (AvgIpc) is 3.10. The summed E-state index contributed by atoms with van der Waals surface area (Å²) in [6.45, 7) is 3.66. The molecule has 1 saturated heterocycles. The van der Waals surface area contributed by atoms with Gasteiger partial charge in [0.15, 0.2) is 0 Å². The molecule has 0 spiro atoms. The first kappa shape index (κ1) is 19.4. The first-order chi connectivity index (χ1) is 13.4. The van der Waals surface area contributed by atoms with Crippen LogP contribution in [0.1, 0.15) is 18.5 Å². The smallest absolute Gasteiger partial charge is 0.408 e. The van der Waals surface area contributed by atoms with Crippen molar-refractivity contribution in [2.24, 2.45) is 0 Å². The molecule has 9 heteroatoms. The average molecular weight is 387 g/mol. The molecule has 0 saturated carbocycles. The Bertz CT molecular complexity index is 894. The van der Waals surface area contributed by atoms with Crippen LogP contribution in [-0.2, 0) is 11.2 Å². The van der Waals surface area contributed by atoms with Crippen LogP contribution in [0.3, 0.4) is 0 Å². The second-order valence-electron chi connectivity index (χ2n) is 6.42. The molecule has 1 aromatic carbocycles. The van der Waals surface area contributed by atoms with E-state index in [2.05, 4.69) is 16.5 Å². The van der Waals surface area contributed by atoms with E-state index in [1.807, 2.05) is 0 Å². The molecule has 1 aliphatic heterocycles. The van der Waals surface area contributed by atoms with Crippen molar-refractivity contribution in [3.8, 4) is 11.6 Å². The van der Waals surface area contributed by atoms with Gasteiger partial charge in [0.05, 0.1) is 24.7 Å². The van der Waals surface area contributed by atoms with E-state index in [4.69, 9.17) is 9.47 Å². The van der Waals surface area contributed by atoms with Crippen LogP contribution in [0.2, 0.25) is 0 Å². The van der Waals surface area contributed by atoms with Gasteiger partial charge >= 0.3 is 12.1 Å². The van der Waals surface area contributed by atoms with Crippen molar-refractivity contribution < 1.29 is 29.3 Å². The summed E-state index contributed by atoms with van der Waals surface area (Å²) in [6.07, 6.45) is 1.09. The van der Waals surface area contributed by atoms with Crippen molar-refractivity contribution in [3.63, 3.8) is 0 Å². The number of likely N-dealkylation sites (tertiary alicyclic amines) is 1. The van der Waals surface area contributed by atoms with Crippen LogP contribution in [0, 0.1) is 0 Å². The molecule has 2 aromatic rings. The maximum Gasteiger partial charge on any atom is 0.408 e. The summed E-state index contributed by atoms with van der Waals surface area (Å²) in [4.78, 5) is 32.7. The molecule has 2 N–H and O–H groups in total. The summed E-state index contributed by atoms with van der Waals surface area (Å²) in [5.41, 5.74) is 1.85. The number of fused-ring (bicyclic) bond motifs is 1. The Kier molecular flexibility index (Phi) is 5.62. The number of carboxylic acid groups (broad SMARTS) is 2. The molecule has 1 aliphatic rings. The number of methoxy groups -OCH3 is 1. The minimum atomic E-state index is -1.29. The van der Waals surface area contributed by atoms with E-state index in [9.17, 15) is 19.8 Å². The third-order valence-corrected chi connectivity index (χ3v) is 4.56. The number of aromatic nitrogens is 2. The Labute approximate surface area is 161 Å². The maximum absolute atomic E-state index is 11.4. The fourth-order valence-corrected chi connectivity index (χ4v) is 3.16. The maximum atomic E-state index is 11.4. The number of amides is 1. The molecule has 0 radical (unpaired) electrons. The highest BCUT2D eigenvalue weighted by atomic mass is 16.5. The Morgan fingerprint density at radius 2 is 2.11 bits per heavy atom. The van der Waals surface area contributed by atoms with Gasteiger partial charge in [-0.05, 0) is 25.0 Å². The van der Waals surface area contributed by atoms with Crippen molar-refractivity contribution in [2.45, 2.75) is 31.4 Å². The monoisotopic (exact) mass is 387 g/mol. The Hall–Kier alpha value is -3.36. The zero-order valence-corrected chi connectivity index (χ0v) is 15.4. The second-order valence-corrected chi connectivity index (χ2v) is 6.42. The summed E-state index contributed by atoms with van der Waals surface area (Å²) in [5, 5.41) is 18.5. The van der Waals surface area contributed by atoms with Crippen LogP contribution in [0.25, 0.3) is 11.0 Å². The van der Waals surface area contributed by atoms with Crippen molar-refractivity contribution in [3.05, 3.63) is 36.5 Å². The number of benzene rings is 1. The van der Waals surface area contributed by atoms with Gasteiger partial charge in [-0.2, -0.15) is 0 Å². The third-order valence-electron chi connectivity index (χ3n) is 4.56. The lowest BCUT2D eigenvalue weighted by Crippen LogP contribution is -2.39. The van der Waals surface area contributed by atoms with E-state index in [0.29, 0.717) is 35.3 Å². The SMILES string of the molecule is C=CCCc1nc2ccc(OC)cc2nc1O[C@@H]1C[C@@H](C(=O)O)N(C(=O)O)C1. The highest BCUT2D eigenvalue weighted by molar-refractivity contribution is 5.80. The van der Waals surface area contributed by atoms with Crippen molar-refractivity contribution in [1.82, 2.24) is 14.9 Å². The molecule has 0 bridgehead atoms. The molecule has 2 heterocycles. The second kappa shape index (κ2) is 8.12. The molecular weight excluding hydrogens is 366 g/mol. The van der Waals surface area contributed by atoms with E-state index in [-0.39, 0.29) is 18.8 Å². The molecule has 1 fully saturated rings. The number of carbonyl (C=O) groups is 2. The lowest BCUT2D eigenvalue weighted by Gasteiger charge is -2.17. The van der Waals surface area contributed by atoms with E-state index in [1.54, 1.807) is 31.4 Å². The molecule has 9 nitrogen and oxygen atoms in total. The van der Waals surface area contributed by atoms with Gasteiger partial charge in [0.25, 0.3) is 0 Å². The Morgan fingerprint density at radius 3 is 2.71 bits per heavy atom. The van der Waals surface area contributed by atoms with Gasteiger partial charge in [-0.15, -0.1) is 6.58 Å². The van der Waals surface area contributed by atoms with E-state index < -0.39 is 24.2 Å². The van der Waals surface area contributed by atoms with Crippen molar-refractivity contribution in [1.29, 1.82) is 0 Å².